The highest BCUT2D eigenvalue weighted by molar-refractivity contribution is 6.05. The van der Waals surface area contributed by atoms with E-state index in [-0.39, 0.29) is 11.8 Å². The summed E-state index contributed by atoms with van der Waals surface area (Å²) in [5.41, 5.74) is 4.22. The Hall–Kier alpha value is -3.87. The summed E-state index contributed by atoms with van der Waals surface area (Å²) in [5.74, 6) is -0.0812. The van der Waals surface area contributed by atoms with E-state index in [9.17, 15) is 9.59 Å². The Kier molecular flexibility index (Phi) is 6.07. The third-order valence-electron chi connectivity index (χ3n) is 5.56. The highest BCUT2D eigenvalue weighted by Crippen LogP contribution is 2.22. The van der Waals surface area contributed by atoms with Crippen LogP contribution in [0.1, 0.15) is 29.8 Å². The number of hydrogen-bond donors (Lipinski definition) is 1. The second-order valence-electron chi connectivity index (χ2n) is 7.75. The molecule has 2 amide bonds. The molecule has 0 radical (unpaired) electrons. The van der Waals surface area contributed by atoms with Gasteiger partial charge in [-0.05, 0) is 74.9 Å². The number of carbonyl (C=O) groups excluding carboxylic acids is 2. The van der Waals surface area contributed by atoms with Crippen molar-refractivity contribution in [2.45, 2.75) is 27.3 Å². The Morgan fingerprint density at radius 1 is 1.03 bits per heavy atom. The Bertz CT molecular complexity index is 1250. The maximum absolute atomic E-state index is 12.7. The van der Waals surface area contributed by atoms with Crippen LogP contribution in [0.5, 0.6) is 0 Å². The molecule has 0 spiro atoms. The van der Waals surface area contributed by atoms with Gasteiger partial charge >= 0.3 is 0 Å². The quantitative estimate of drug-likeness (QED) is 0.477. The minimum absolute atomic E-state index is 0.0959. The van der Waals surface area contributed by atoms with Gasteiger partial charge in [0.1, 0.15) is 6.54 Å². The second-order valence-corrected chi connectivity index (χ2v) is 7.75. The summed E-state index contributed by atoms with van der Waals surface area (Å²) in [6, 6.07) is 15.0. The lowest BCUT2D eigenvalue weighted by Crippen LogP contribution is -2.33. The van der Waals surface area contributed by atoms with Gasteiger partial charge in [-0.15, -0.1) is 0 Å². The molecule has 2 heterocycles. The molecule has 0 bridgehead atoms. The highest BCUT2D eigenvalue weighted by atomic mass is 16.2. The second kappa shape index (κ2) is 9.09. The number of hydrogen-bond acceptors (Lipinski definition) is 3. The van der Waals surface area contributed by atoms with Crippen LogP contribution >= 0.6 is 0 Å². The zero-order valence-electron chi connectivity index (χ0n) is 18.6. The third kappa shape index (κ3) is 4.42. The first-order chi connectivity index (χ1) is 15.5. The molecule has 0 atom stereocenters. The average molecular weight is 430 g/mol. The third-order valence-corrected chi connectivity index (χ3v) is 5.56. The summed E-state index contributed by atoms with van der Waals surface area (Å²) in [4.78, 5) is 27.0. The summed E-state index contributed by atoms with van der Waals surface area (Å²) in [7, 11) is 0. The molecule has 0 saturated carbocycles. The van der Waals surface area contributed by atoms with Gasteiger partial charge in [-0.2, -0.15) is 5.10 Å². The first-order valence-corrected chi connectivity index (χ1v) is 10.8. The fraction of sp³-hybridized carbons (Fsp3) is 0.240. The molecule has 0 fully saturated rings. The van der Waals surface area contributed by atoms with Crippen LogP contribution in [-0.4, -0.2) is 44.2 Å². The molecule has 1 N–H and O–H groups in total. The zero-order chi connectivity index (χ0) is 22.7. The van der Waals surface area contributed by atoms with Crippen molar-refractivity contribution >= 4 is 28.4 Å². The van der Waals surface area contributed by atoms with Gasteiger partial charge in [0.05, 0.1) is 11.9 Å². The first kappa shape index (κ1) is 21.4. The lowest BCUT2D eigenvalue weighted by molar-refractivity contribution is -0.131. The number of rotatable bonds is 7. The van der Waals surface area contributed by atoms with E-state index in [4.69, 9.17) is 0 Å². The molecule has 7 heteroatoms. The van der Waals surface area contributed by atoms with Gasteiger partial charge in [0.2, 0.25) is 5.91 Å². The predicted molar refractivity (Wildman–Crippen MR) is 126 cm³/mol. The van der Waals surface area contributed by atoms with Crippen LogP contribution in [0.15, 0.2) is 67.1 Å². The molecule has 4 rings (SSSR count). The lowest BCUT2D eigenvalue weighted by Gasteiger charge is -2.19. The fourth-order valence-electron chi connectivity index (χ4n) is 3.76. The van der Waals surface area contributed by atoms with Crippen LogP contribution in [0.3, 0.4) is 0 Å². The molecule has 164 valence electrons. The first-order valence-electron chi connectivity index (χ1n) is 10.8. The van der Waals surface area contributed by atoms with Crippen molar-refractivity contribution in [1.29, 1.82) is 0 Å². The van der Waals surface area contributed by atoms with Crippen molar-refractivity contribution in [1.82, 2.24) is 19.2 Å². The number of carbonyl (C=O) groups is 2. The Balaban J connectivity index is 1.46. The monoisotopic (exact) mass is 429 g/mol. The minimum Gasteiger partial charge on any atom is -0.342 e. The van der Waals surface area contributed by atoms with Crippen molar-refractivity contribution in [3.63, 3.8) is 0 Å². The van der Waals surface area contributed by atoms with Crippen LogP contribution in [0.2, 0.25) is 0 Å². The molecule has 0 aliphatic rings. The predicted octanol–water partition coefficient (Wildman–Crippen LogP) is 4.26. The smallest absolute Gasteiger partial charge is 0.255 e. The van der Waals surface area contributed by atoms with E-state index in [0.717, 1.165) is 22.2 Å². The van der Waals surface area contributed by atoms with Crippen molar-refractivity contribution in [2.24, 2.45) is 0 Å². The largest absolute Gasteiger partial charge is 0.342 e. The van der Waals surface area contributed by atoms with Crippen molar-refractivity contribution in [3.8, 4) is 5.69 Å². The Morgan fingerprint density at radius 3 is 2.44 bits per heavy atom. The SMILES string of the molecule is CCN(CC)C(=O)Cn1ccc2cc(NC(=O)c3ccc(-n4cc(C)cn4)cc3)ccc21. The molecular formula is C25H27N5O2. The number of aromatic nitrogens is 3. The van der Waals surface area contributed by atoms with E-state index in [2.05, 4.69) is 10.4 Å². The summed E-state index contributed by atoms with van der Waals surface area (Å²) < 4.78 is 3.72. The normalized spacial score (nSPS) is 11.0. The molecular weight excluding hydrogens is 402 g/mol. The van der Waals surface area contributed by atoms with Gasteiger partial charge in [0.25, 0.3) is 5.91 Å². The van der Waals surface area contributed by atoms with Crippen LogP contribution in [0.25, 0.3) is 16.6 Å². The highest BCUT2D eigenvalue weighted by Gasteiger charge is 2.13. The van der Waals surface area contributed by atoms with Gasteiger partial charge in [0.15, 0.2) is 0 Å². The molecule has 2 aromatic carbocycles. The summed E-state index contributed by atoms with van der Waals surface area (Å²) in [5, 5.41) is 8.21. The standard InChI is InChI=1S/C25H27N5O2/c1-4-28(5-2)24(31)17-29-13-12-20-14-21(8-11-23(20)29)27-25(32)19-6-9-22(10-7-19)30-16-18(3)15-26-30/h6-16H,4-5,17H2,1-3H3,(H,27,32). The summed E-state index contributed by atoms with van der Waals surface area (Å²) in [6.45, 7) is 7.66. The Morgan fingerprint density at radius 2 is 1.78 bits per heavy atom. The maximum Gasteiger partial charge on any atom is 0.255 e. The zero-order valence-corrected chi connectivity index (χ0v) is 18.6. The number of nitrogens with zero attached hydrogens (tertiary/aromatic N) is 4. The molecule has 2 aromatic heterocycles. The van der Waals surface area contributed by atoms with Crippen molar-refractivity contribution in [2.75, 3.05) is 18.4 Å². The number of amides is 2. The van der Waals surface area contributed by atoms with Crippen LogP contribution < -0.4 is 5.32 Å². The lowest BCUT2D eigenvalue weighted by atomic mass is 10.1. The Labute approximate surface area is 187 Å². The van der Waals surface area contributed by atoms with Crippen LogP contribution in [0, 0.1) is 6.92 Å². The summed E-state index contributed by atoms with van der Waals surface area (Å²) >= 11 is 0. The van der Waals surface area contributed by atoms with Crippen molar-refractivity contribution < 1.29 is 9.59 Å². The van der Waals surface area contributed by atoms with E-state index in [0.29, 0.717) is 30.9 Å². The van der Waals surface area contributed by atoms with Crippen molar-refractivity contribution in [3.05, 3.63) is 78.2 Å². The number of nitrogens with one attached hydrogen (secondary N) is 1. The van der Waals surface area contributed by atoms with Crippen LogP contribution in [-0.2, 0) is 11.3 Å². The van der Waals surface area contributed by atoms with Gasteiger partial charge in [-0.3, -0.25) is 9.59 Å². The number of benzene rings is 2. The van der Waals surface area contributed by atoms with Crippen LogP contribution in [0.4, 0.5) is 5.69 Å². The minimum atomic E-state index is -0.177. The molecule has 0 aliphatic carbocycles. The molecule has 7 nitrogen and oxygen atoms in total. The molecule has 0 aliphatic heterocycles. The fourth-order valence-corrected chi connectivity index (χ4v) is 3.76. The molecule has 0 unspecified atom stereocenters. The van der Waals surface area contributed by atoms with E-state index in [1.165, 1.54) is 0 Å². The number of aryl methyl sites for hydroxylation is 1. The van der Waals surface area contributed by atoms with Gasteiger partial charge in [0, 0.05) is 47.6 Å². The average Bonchev–Trinajstić information content (AvgIpc) is 3.41. The van der Waals surface area contributed by atoms with Gasteiger partial charge in [-0.25, -0.2) is 4.68 Å². The van der Waals surface area contributed by atoms with Gasteiger partial charge in [-0.1, -0.05) is 0 Å². The topological polar surface area (TPSA) is 72.2 Å². The number of likely N-dealkylation sites (N-methyl/N-ethyl adjacent to an activating group) is 1. The molecule has 4 aromatic rings. The maximum atomic E-state index is 12.7. The number of anilines is 1. The number of fused-ring (bicyclic) bond motifs is 1. The van der Waals surface area contributed by atoms with E-state index in [1.807, 2.05) is 79.0 Å². The molecule has 0 saturated heterocycles. The van der Waals surface area contributed by atoms with E-state index >= 15 is 0 Å². The van der Waals surface area contributed by atoms with Gasteiger partial charge < -0.3 is 14.8 Å². The van der Waals surface area contributed by atoms with E-state index in [1.54, 1.807) is 23.0 Å². The van der Waals surface area contributed by atoms with E-state index < -0.39 is 0 Å². The summed E-state index contributed by atoms with van der Waals surface area (Å²) in [6.07, 6.45) is 5.64. The molecule has 32 heavy (non-hydrogen) atoms.